The van der Waals surface area contributed by atoms with Crippen LogP contribution in [0.1, 0.15) is 24.4 Å². The predicted molar refractivity (Wildman–Crippen MR) is 142 cm³/mol. The molecule has 8 nitrogen and oxygen atoms in total. The van der Waals surface area contributed by atoms with Crippen molar-refractivity contribution in [2.24, 2.45) is 21.6 Å². The summed E-state index contributed by atoms with van der Waals surface area (Å²) in [5.41, 5.74) is 7.91. The fourth-order valence-electron chi connectivity index (χ4n) is 4.04. The fraction of sp³-hybridized carbons (Fsp3) is 0.148. The first-order chi connectivity index (χ1) is 17.5. The summed E-state index contributed by atoms with van der Waals surface area (Å²) in [6.07, 6.45) is 4.28. The molecule has 4 aromatic rings. The van der Waals surface area contributed by atoms with Crippen LogP contribution in [0.2, 0.25) is 5.02 Å². The van der Waals surface area contributed by atoms with E-state index in [0.29, 0.717) is 33.3 Å². The van der Waals surface area contributed by atoms with Crippen LogP contribution in [-0.2, 0) is 0 Å². The number of nitrogens with zero attached hydrogens (tertiary/aromatic N) is 5. The lowest BCUT2D eigenvalue weighted by atomic mass is 10.0. The highest BCUT2D eigenvalue weighted by Gasteiger charge is 2.28. The average molecular weight is 496 g/mol. The molecule has 3 atom stereocenters. The van der Waals surface area contributed by atoms with E-state index in [9.17, 15) is 4.79 Å². The minimum Gasteiger partial charge on any atom is -0.386 e. The van der Waals surface area contributed by atoms with Crippen molar-refractivity contribution < 1.29 is 0 Å². The van der Waals surface area contributed by atoms with Crippen LogP contribution < -0.4 is 16.6 Å². The molecule has 3 unspecified atom stereocenters. The topological polar surface area (TPSA) is 111 Å². The van der Waals surface area contributed by atoms with Crippen LogP contribution in [0.15, 0.2) is 87.8 Å². The van der Waals surface area contributed by atoms with Gasteiger partial charge in [0.05, 0.1) is 27.7 Å². The van der Waals surface area contributed by atoms with Gasteiger partial charge in [-0.05, 0) is 43.3 Å². The van der Waals surface area contributed by atoms with E-state index < -0.39 is 18.1 Å². The summed E-state index contributed by atoms with van der Waals surface area (Å²) >= 11 is 6.39. The molecule has 3 heterocycles. The lowest BCUT2D eigenvalue weighted by Gasteiger charge is -2.27. The molecule has 0 fully saturated rings. The van der Waals surface area contributed by atoms with Gasteiger partial charge in [-0.1, -0.05) is 47.7 Å². The van der Waals surface area contributed by atoms with Gasteiger partial charge in [0.2, 0.25) is 0 Å². The van der Waals surface area contributed by atoms with Crippen molar-refractivity contribution in [1.29, 1.82) is 0 Å². The minimum atomic E-state index is -0.502. The van der Waals surface area contributed by atoms with Crippen LogP contribution >= 0.6 is 11.6 Å². The summed E-state index contributed by atoms with van der Waals surface area (Å²) in [7, 11) is 0. The van der Waals surface area contributed by atoms with Gasteiger partial charge in [-0.3, -0.25) is 24.7 Å². The number of fused-ring (bicyclic) bond motifs is 1. The molecule has 36 heavy (non-hydrogen) atoms. The summed E-state index contributed by atoms with van der Waals surface area (Å²) in [5.74, 6) is 6.63. The van der Waals surface area contributed by atoms with Gasteiger partial charge in [0.1, 0.15) is 30.1 Å². The number of halogens is 1. The number of pyridine rings is 1. The second-order valence-electron chi connectivity index (χ2n) is 8.22. The third kappa shape index (κ3) is 4.62. The zero-order valence-electron chi connectivity index (χ0n) is 19.3. The van der Waals surface area contributed by atoms with E-state index in [1.165, 1.54) is 6.34 Å². The summed E-state index contributed by atoms with van der Waals surface area (Å²) in [5, 5.41) is 4.16. The van der Waals surface area contributed by atoms with Crippen molar-refractivity contribution in [1.82, 2.24) is 19.9 Å². The number of nitrogens with one attached hydrogen (secondary N) is 1. The number of nitrogens with two attached hydrogens (primary N) is 1. The second-order valence-corrected chi connectivity index (χ2v) is 8.63. The molecular formula is C27H22ClN7O. The number of aromatic nitrogens is 3. The van der Waals surface area contributed by atoms with Crippen LogP contribution in [0.25, 0.3) is 16.6 Å². The molecule has 9 heteroatoms. The molecule has 2 aromatic carbocycles. The first-order valence-electron chi connectivity index (χ1n) is 11.3. The van der Waals surface area contributed by atoms with Gasteiger partial charge in [-0.25, -0.2) is 9.98 Å². The number of rotatable bonds is 4. The third-order valence-electron chi connectivity index (χ3n) is 5.80. The van der Waals surface area contributed by atoms with Gasteiger partial charge < -0.3 is 5.73 Å². The standard InChI is InChI=1S/C27H22ClN7O/c1-17(33-25-20(24(29)31-16-32-25)13-12-18-7-6-14-30-15-18)26-34-22-11-5-10-21(28)23(22)27(36)35(26)19-8-3-2-4-9-19/h2-11,14-17,20,25,33H,1H3,(H2,29,31,32). The Morgan fingerprint density at radius 1 is 1.11 bits per heavy atom. The maximum absolute atomic E-state index is 13.7. The summed E-state index contributed by atoms with van der Waals surface area (Å²) in [4.78, 5) is 31.2. The molecule has 0 spiro atoms. The Hall–Kier alpha value is -4.32. The number of hydrogen-bond donors (Lipinski definition) is 2. The molecule has 0 saturated carbocycles. The number of amidine groups is 1. The fourth-order valence-corrected chi connectivity index (χ4v) is 4.29. The van der Waals surface area contributed by atoms with E-state index in [4.69, 9.17) is 22.3 Å². The zero-order chi connectivity index (χ0) is 25.1. The van der Waals surface area contributed by atoms with E-state index in [-0.39, 0.29) is 5.56 Å². The maximum Gasteiger partial charge on any atom is 0.267 e. The van der Waals surface area contributed by atoms with Crippen LogP contribution in [0.5, 0.6) is 0 Å². The molecule has 5 rings (SSSR count). The quantitative estimate of drug-likeness (QED) is 0.421. The minimum absolute atomic E-state index is 0.249. The Balaban J connectivity index is 1.55. The molecule has 1 aliphatic heterocycles. The Labute approximate surface area is 212 Å². The Bertz CT molecular complexity index is 1590. The Kier molecular flexibility index (Phi) is 6.58. The predicted octanol–water partition coefficient (Wildman–Crippen LogP) is 3.48. The molecule has 0 saturated heterocycles. The largest absolute Gasteiger partial charge is 0.386 e. The molecule has 0 amide bonds. The SMILES string of the molecule is CC(NC1N=CN=C(N)C1C#Cc1cccnc1)c1nc2cccc(Cl)c2c(=O)n1-c1ccccc1. The van der Waals surface area contributed by atoms with Crippen molar-refractivity contribution >= 4 is 34.7 Å². The van der Waals surface area contributed by atoms with Gasteiger partial charge in [0, 0.05) is 18.0 Å². The summed E-state index contributed by atoms with van der Waals surface area (Å²) in [6, 6.07) is 17.9. The number of para-hydroxylation sites is 1. The molecule has 1 aliphatic rings. The van der Waals surface area contributed by atoms with Gasteiger partial charge in [0.25, 0.3) is 5.56 Å². The van der Waals surface area contributed by atoms with Crippen molar-refractivity contribution in [2.75, 3.05) is 0 Å². The zero-order valence-corrected chi connectivity index (χ0v) is 20.1. The Morgan fingerprint density at radius 3 is 2.72 bits per heavy atom. The van der Waals surface area contributed by atoms with Gasteiger partial charge in [0.15, 0.2) is 0 Å². The van der Waals surface area contributed by atoms with E-state index in [2.05, 4.69) is 32.1 Å². The van der Waals surface area contributed by atoms with Crippen molar-refractivity contribution in [3.05, 3.63) is 99.8 Å². The molecule has 2 aromatic heterocycles. The molecule has 0 radical (unpaired) electrons. The monoisotopic (exact) mass is 495 g/mol. The number of hydrogen-bond acceptors (Lipinski definition) is 7. The lowest BCUT2D eigenvalue weighted by Crippen LogP contribution is -2.45. The van der Waals surface area contributed by atoms with Crippen LogP contribution in [0.3, 0.4) is 0 Å². The van der Waals surface area contributed by atoms with E-state index in [1.807, 2.05) is 49.4 Å². The van der Waals surface area contributed by atoms with Gasteiger partial charge >= 0.3 is 0 Å². The van der Waals surface area contributed by atoms with Gasteiger partial charge in [-0.15, -0.1) is 0 Å². The highest BCUT2D eigenvalue weighted by molar-refractivity contribution is 6.35. The van der Waals surface area contributed by atoms with Crippen molar-refractivity contribution in [3.63, 3.8) is 0 Å². The van der Waals surface area contributed by atoms with Crippen molar-refractivity contribution in [3.8, 4) is 17.5 Å². The normalized spacial score (nSPS) is 17.8. The van der Waals surface area contributed by atoms with E-state index >= 15 is 0 Å². The van der Waals surface area contributed by atoms with Gasteiger partial charge in [-0.2, -0.15) is 0 Å². The lowest BCUT2D eigenvalue weighted by molar-refractivity contribution is 0.420. The molecule has 178 valence electrons. The van der Waals surface area contributed by atoms with E-state index in [0.717, 1.165) is 5.56 Å². The van der Waals surface area contributed by atoms with Crippen LogP contribution in [0.4, 0.5) is 0 Å². The summed E-state index contributed by atoms with van der Waals surface area (Å²) < 4.78 is 1.58. The first kappa shape index (κ1) is 23.4. The third-order valence-corrected chi connectivity index (χ3v) is 6.11. The molecule has 0 aliphatic carbocycles. The number of benzene rings is 2. The van der Waals surface area contributed by atoms with E-state index in [1.54, 1.807) is 35.2 Å². The highest BCUT2D eigenvalue weighted by atomic mass is 35.5. The van der Waals surface area contributed by atoms with Crippen LogP contribution in [0, 0.1) is 17.8 Å². The molecule has 0 bridgehead atoms. The molecule has 3 N–H and O–H groups in total. The molecular weight excluding hydrogens is 474 g/mol. The number of aliphatic imine (C=N–C) groups is 2. The average Bonchev–Trinajstić information content (AvgIpc) is 2.89. The highest BCUT2D eigenvalue weighted by Crippen LogP contribution is 2.24. The van der Waals surface area contributed by atoms with Crippen LogP contribution in [-0.4, -0.2) is 32.9 Å². The maximum atomic E-state index is 13.7. The summed E-state index contributed by atoms with van der Waals surface area (Å²) in [6.45, 7) is 1.92. The Morgan fingerprint density at radius 2 is 1.94 bits per heavy atom. The first-order valence-corrected chi connectivity index (χ1v) is 11.7. The van der Waals surface area contributed by atoms with Crippen molar-refractivity contribution in [2.45, 2.75) is 19.1 Å². The second kappa shape index (κ2) is 10.1. The smallest absolute Gasteiger partial charge is 0.267 e.